The maximum atomic E-state index is 6.78. The van der Waals surface area contributed by atoms with Crippen LogP contribution in [0.4, 0.5) is 22.7 Å². The topological polar surface area (TPSA) is 55.8 Å². The van der Waals surface area contributed by atoms with Crippen molar-refractivity contribution >= 4 is 72.4 Å². The van der Waals surface area contributed by atoms with E-state index in [1.807, 2.05) is 24.4 Å². The Hall–Kier alpha value is -8.62. The average Bonchev–Trinajstić information content (AvgIpc) is 4.10. The molecule has 298 valence electrons. The van der Waals surface area contributed by atoms with Crippen LogP contribution >= 0.6 is 0 Å². The van der Waals surface area contributed by atoms with Crippen molar-refractivity contribution in [2.75, 3.05) is 16.5 Å². The van der Waals surface area contributed by atoms with Crippen LogP contribution in [0.3, 0.4) is 0 Å². The summed E-state index contributed by atoms with van der Waals surface area (Å²) >= 11 is 0. The standard InChI is InChI=1S/C55H37N7O/c1-4-15-37(16-5-1)38-26-30-47-45(33-38)44-28-27-43(35-51(44)61(47)52-25-12-13-32-56-52)63-42-22-14-21-41(34-42)58-36-59(39-17-6-2-7-18-39)54-50(58)31-29-46-53(54)62-49-24-11-10-23-48(49)60(55(62)57-46)40-19-8-3-9-20-40/h1-35H,36H2. The van der Waals surface area contributed by atoms with Gasteiger partial charge < -0.3 is 14.5 Å². The van der Waals surface area contributed by atoms with Crippen LogP contribution in [0.25, 0.3) is 72.3 Å². The molecule has 0 unspecified atom stereocenters. The molecule has 0 spiro atoms. The van der Waals surface area contributed by atoms with Crippen molar-refractivity contribution in [1.82, 2.24) is 23.5 Å². The molecule has 0 saturated heterocycles. The van der Waals surface area contributed by atoms with Crippen LogP contribution < -0.4 is 14.5 Å². The number of pyridine rings is 1. The highest BCUT2D eigenvalue weighted by Gasteiger charge is 2.33. The largest absolute Gasteiger partial charge is 0.457 e. The fourth-order valence-corrected chi connectivity index (χ4v) is 9.56. The lowest BCUT2D eigenvalue weighted by Crippen LogP contribution is -2.24. The summed E-state index contributed by atoms with van der Waals surface area (Å²) in [6.07, 6.45) is 1.84. The van der Waals surface area contributed by atoms with Crippen molar-refractivity contribution in [3.8, 4) is 34.1 Å². The smallest absolute Gasteiger partial charge is 0.220 e. The first kappa shape index (κ1) is 35.2. The third kappa shape index (κ3) is 5.55. The second-order valence-corrected chi connectivity index (χ2v) is 15.9. The Bertz CT molecular complexity index is 3690. The molecule has 0 bridgehead atoms. The van der Waals surface area contributed by atoms with Gasteiger partial charge in [-0.3, -0.25) is 13.5 Å². The summed E-state index contributed by atoms with van der Waals surface area (Å²) < 4.78 is 13.6. The highest BCUT2D eigenvalue weighted by atomic mass is 16.5. The van der Waals surface area contributed by atoms with Crippen LogP contribution in [0.1, 0.15) is 0 Å². The van der Waals surface area contributed by atoms with Gasteiger partial charge in [0.2, 0.25) is 5.78 Å². The van der Waals surface area contributed by atoms with Gasteiger partial charge in [-0.15, -0.1) is 0 Å². The number of ether oxygens (including phenoxy) is 1. The molecule has 13 rings (SSSR count). The maximum Gasteiger partial charge on any atom is 0.220 e. The Kier molecular flexibility index (Phi) is 7.80. The summed E-state index contributed by atoms with van der Waals surface area (Å²) in [5.41, 5.74) is 14.1. The lowest BCUT2D eigenvalue weighted by Gasteiger charge is -2.22. The number of imidazole rings is 2. The second kappa shape index (κ2) is 14.0. The molecule has 0 N–H and O–H groups in total. The second-order valence-electron chi connectivity index (χ2n) is 15.9. The zero-order chi connectivity index (χ0) is 41.4. The van der Waals surface area contributed by atoms with Crippen LogP contribution in [0.2, 0.25) is 0 Å². The number of hydrogen-bond donors (Lipinski definition) is 0. The predicted octanol–water partition coefficient (Wildman–Crippen LogP) is 13.6. The van der Waals surface area contributed by atoms with Crippen LogP contribution in [-0.4, -0.2) is 30.2 Å². The Morgan fingerprint density at radius 1 is 0.444 bits per heavy atom. The first-order valence-electron chi connectivity index (χ1n) is 21.2. The third-order valence-electron chi connectivity index (χ3n) is 12.3. The fraction of sp³-hybridized carbons (Fsp3) is 0.0182. The number of aromatic nitrogens is 5. The maximum absolute atomic E-state index is 6.78. The molecule has 8 nitrogen and oxygen atoms in total. The van der Waals surface area contributed by atoms with E-state index in [0.717, 1.165) is 95.4 Å². The van der Waals surface area contributed by atoms with Crippen molar-refractivity contribution in [3.63, 3.8) is 0 Å². The summed E-state index contributed by atoms with van der Waals surface area (Å²) in [5, 5.41) is 2.30. The molecule has 1 aliphatic rings. The average molecular weight is 812 g/mol. The predicted molar refractivity (Wildman–Crippen MR) is 256 cm³/mol. The molecule has 8 heteroatoms. The van der Waals surface area contributed by atoms with Crippen molar-refractivity contribution in [2.24, 2.45) is 0 Å². The minimum Gasteiger partial charge on any atom is -0.457 e. The van der Waals surface area contributed by atoms with Crippen molar-refractivity contribution in [2.45, 2.75) is 0 Å². The molecule has 63 heavy (non-hydrogen) atoms. The Balaban J connectivity index is 0.930. The van der Waals surface area contributed by atoms with E-state index in [4.69, 9.17) is 14.7 Å². The summed E-state index contributed by atoms with van der Waals surface area (Å²) in [5.74, 6) is 3.23. The SMILES string of the molecule is c1ccc(-c2ccc3c(c2)c2ccc(Oc4cccc(N5CN(c6ccccc6)c6c5ccc5nc7n(-c8ccccc8)c8ccccc8n7c65)c4)cc2n3-c2ccccn2)cc1. The molecule has 0 aliphatic carbocycles. The van der Waals surface area contributed by atoms with Crippen LogP contribution in [0.5, 0.6) is 11.5 Å². The first-order chi connectivity index (χ1) is 31.2. The molecule has 5 heterocycles. The van der Waals surface area contributed by atoms with Crippen LogP contribution in [-0.2, 0) is 0 Å². The fourth-order valence-electron chi connectivity index (χ4n) is 9.56. The molecule has 12 aromatic rings. The van der Waals surface area contributed by atoms with Gasteiger partial charge in [-0.25, -0.2) is 9.97 Å². The highest BCUT2D eigenvalue weighted by molar-refractivity contribution is 6.11. The number of hydrogen-bond acceptors (Lipinski definition) is 5. The minimum atomic E-state index is 0.605. The molecular weight excluding hydrogens is 775 g/mol. The number of para-hydroxylation sites is 4. The molecule has 0 amide bonds. The summed E-state index contributed by atoms with van der Waals surface area (Å²) in [4.78, 5) is 14.9. The third-order valence-corrected chi connectivity index (χ3v) is 12.3. The molecule has 0 fully saturated rings. The number of anilines is 4. The van der Waals surface area contributed by atoms with E-state index in [1.54, 1.807) is 0 Å². The number of benzene rings is 8. The van der Waals surface area contributed by atoms with Gasteiger partial charge in [0.05, 0.1) is 39.0 Å². The van der Waals surface area contributed by atoms with E-state index in [0.29, 0.717) is 6.67 Å². The van der Waals surface area contributed by atoms with E-state index >= 15 is 0 Å². The van der Waals surface area contributed by atoms with Crippen LogP contribution in [0.15, 0.2) is 212 Å². The van der Waals surface area contributed by atoms with Crippen molar-refractivity contribution in [3.05, 3.63) is 212 Å². The van der Waals surface area contributed by atoms with E-state index in [-0.39, 0.29) is 0 Å². The van der Waals surface area contributed by atoms with Gasteiger partial charge in [-0.05, 0) is 108 Å². The molecule has 0 atom stereocenters. The van der Waals surface area contributed by atoms with Crippen LogP contribution in [0, 0.1) is 0 Å². The van der Waals surface area contributed by atoms with Gasteiger partial charge >= 0.3 is 0 Å². The Labute approximate surface area is 362 Å². The van der Waals surface area contributed by atoms with Crippen molar-refractivity contribution < 1.29 is 4.74 Å². The van der Waals surface area contributed by atoms with E-state index in [1.165, 1.54) is 11.1 Å². The summed E-state index contributed by atoms with van der Waals surface area (Å²) in [6.45, 7) is 0.605. The molecule has 4 aromatic heterocycles. The van der Waals surface area contributed by atoms with Gasteiger partial charge in [0.1, 0.15) is 29.5 Å². The Morgan fingerprint density at radius 3 is 1.98 bits per heavy atom. The molecule has 0 radical (unpaired) electrons. The molecular formula is C55H37N7O. The molecule has 0 saturated carbocycles. The highest BCUT2D eigenvalue weighted by Crippen LogP contribution is 2.49. The zero-order valence-corrected chi connectivity index (χ0v) is 34.0. The van der Waals surface area contributed by atoms with E-state index in [2.05, 4.69) is 211 Å². The van der Waals surface area contributed by atoms with Gasteiger partial charge in [-0.2, -0.15) is 0 Å². The lowest BCUT2D eigenvalue weighted by atomic mass is 10.0. The summed E-state index contributed by atoms with van der Waals surface area (Å²) in [6, 6.07) is 72.1. The van der Waals surface area contributed by atoms with Crippen molar-refractivity contribution in [1.29, 1.82) is 0 Å². The van der Waals surface area contributed by atoms with E-state index < -0.39 is 0 Å². The lowest BCUT2D eigenvalue weighted by molar-refractivity contribution is 0.483. The number of nitrogens with zero attached hydrogens (tertiary/aromatic N) is 7. The first-order valence-corrected chi connectivity index (χ1v) is 21.2. The molecule has 1 aliphatic heterocycles. The number of rotatable bonds is 7. The normalized spacial score (nSPS) is 12.6. The number of fused-ring (bicyclic) bond motifs is 10. The van der Waals surface area contributed by atoms with Gasteiger partial charge in [0.25, 0.3) is 0 Å². The minimum absolute atomic E-state index is 0.605. The van der Waals surface area contributed by atoms with Gasteiger partial charge in [-0.1, -0.05) is 97.1 Å². The molecule has 8 aromatic carbocycles. The quantitative estimate of drug-likeness (QED) is 0.160. The monoisotopic (exact) mass is 811 g/mol. The van der Waals surface area contributed by atoms with Gasteiger partial charge in [0, 0.05) is 46.2 Å². The van der Waals surface area contributed by atoms with E-state index in [9.17, 15) is 0 Å². The zero-order valence-electron chi connectivity index (χ0n) is 34.0. The van der Waals surface area contributed by atoms with Gasteiger partial charge in [0.15, 0.2) is 0 Å². The summed E-state index contributed by atoms with van der Waals surface area (Å²) in [7, 11) is 0. The Morgan fingerprint density at radius 2 is 1.17 bits per heavy atom.